The van der Waals surface area contributed by atoms with Crippen LogP contribution in [0.4, 0.5) is 11.4 Å². The van der Waals surface area contributed by atoms with E-state index in [9.17, 15) is 19.5 Å². The molecule has 1 heterocycles. The Hall–Kier alpha value is -3.39. The van der Waals surface area contributed by atoms with Gasteiger partial charge in [0.1, 0.15) is 5.75 Å². The van der Waals surface area contributed by atoms with Crippen LogP contribution >= 0.6 is 0 Å². The van der Waals surface area contributed by atoms with Crippen LogP contribution in [0.15, 0.2) is 42.5 Å². The van der Waals surface area contributed by atoms with Gasteiger partial charge in [-0.05, 0) is 56.2 Å². The van der Waals surface area contributed by atoms with Gasteiger partial charge in [0.05, 0.1) is 12.0 Å². The molecule has 0 spiro atoms. The molecule has 2 atom stereocenters. The zero-order valence-electron chi connectivity index (χ0n) is 18.6. The first-order valence-corrected chi connectivity index (χ1v) is 10.6. The number of hydrogen-bond donors (Lipinski definition) is 3. The van der Waals surface area contributed by atoms with Crippen LogP contribution in [-0.2, 0) is 14.4 Å². The lowest BCUT2D eigenvalue weighted by atomic mass is 10.1. The number of nitrogens with one attached hydrogen (secondary N) is 2. The van der Waals surface area contributed by atoms with E-state index in [2.05, 4.69) is 10.6 Å². The van der Waals surface area contributed by atoms with Gasteiger partial charge in [-0.15, -0.1) is 0 Å². The van der Waals surface area contributed by atoms with E-state index >= 15 is 0 Å². The fourth-order valence-corrected chi connectivity index (χ4v) is 3.58. The number of aliphatic hydroxyl groups is 1. The van der Waals surface area contributed by atoms with E-state index in [1.165, 1.54) is 0 Å². The summed E-state index contributed by atoms with van der Waals surface area (Å²) in [6.45, 7) is 5.76. The lowest BCUT2D eigenvalue weighted by molar-refractivity contribution is -0.126. The van der Waals surface area contributed by atoms with Gasteiger partial charge in [0.15, 0.2) is 6.61 Å². The Kier molecular flexibility index (Phi) is 7.48. The van der Waals surface area contributed by atoms with Crippen molar-refractivity contribution in [2.75, 3.05) is 29.9 Å². The first-order valence-electron chi connectivity index (χ1n) is 10.6. The molecule has 3 amide bonds. The van der Waals surface area contributed by atoms with Crippen molar-refractivity contribution in [3.63, 3.8) is 0 Å². The number of benzene rings is 2. The Morgan fingerprint density at radius 2 is 1.81 bits per heavy atom. The number of aryl methyl sites for hydroxylation is 2. The zero-order valence-corrected chi connectivity index (χ0v) is 18.6. The number of hydrogen-bond acceptors (Lipinski definition) is 5. The van der Waals surface area contributed by atoms with Crippen molar-refractivity contribution in [3.05, 3.63) is 53.6 Å². The molecule has 0 radical (unpaired) electrons. The molecule has 0 bridgehead atoms. The predicted molar refractivity (Wildman–Crippen MR) is 122 cm³/mol. The second-order valence-corrected chi connectivity index (χ2v) is 8.10. The number of ether oxygens (including phenoxy) is 1. The summed E-state index contributed by atoms with van der Waals surface area (Å²) in [4.78, 5) is 38.4. The quantitative estimate of drug-likeness (QED) is 0.584. The van der Waals surface area contributed by atoms with Gasteiger partial charge in [-0.25, -0.2) is 0 Å². The number of aliphatic hydroxyl groups excluding tert-OH is 1. The minimum absolute atomic E-state index is 0.127. The third-order valence-corrected chi connectivity index (χ3v) is 5.33. The molecular weight excluding hydrogens is 410 g/mol. The smallest absolute Gasteiger partial charge is 0.262 e. The van der Waals surface area contributed by atoms with Crippen LogP contribution in [0.1, 0.15) is 24.5 Å². The average Bonchev–Trinajstić information content (AvgIpc) is 3.15. The van der Waals surface area contributed by atoms with E-state index in [1.807, 2.05) is 32.0 Å². The summed E-state index contributed by atoms with van der Waals surface area (Å²) in [6.07, 6.45) is -0.509. The molecule has 32 heavy (non-hydrogen) atoms. The van der Waals surface area contributed by atoms with Crippen LogP contribution in [0.25, 0.3) is 0 Å². The summed E-state index contributed by atoms with van der Waals surface area (Å²) < 4.78 is 5.57. The van der Waals surface area contributed by atoms with E-state index in [-0.39, 0.29) is 43.8 Å². The van der Waals surface area contributed by atoms with E-state index in [0.29, 0.717) is 11.4 Å². The Bertz CT molecular complexity index is 967. The summed E-state index contributed by atoms with van der Waals surface area (Å²) >= 11 is 0. The fraction of sp³-hybridized carbons (Fsp3) is 0.375. The molecular formula is C24H29N3O5. The summed E-state index contributed by atoms with van der Waals surface area (Å²) in [5.74, 6) is -0.582. The molecule has 0 aliphatic carbocycles. The molecule has 1 aliphatic rings. The Labute approximate surface area is 187 Å². The second-order valence-electron chi connectivity index (χ2n) is 8.10. The number of carbonyl (C=O) groups excluding carboxylic acids is 3. The van der Waals surface area contributed by atoms with Crippen molar-refractivity contribution < 1.29 is 24.2 Å². The molecule has 1 aliphatic heterocycles. The van der Waals surface area contributed by atoms with Crippen LogP contribution in [0, 0.1) is 19.8 Å². The van der Waals surface area contributed by atoms with Crippen molar-refractivity contribution >= 4 is 29.1 Å². The number of amides is 3. The maximum Gasteiger partial charge on any atom is 0.262 e. The Balaban J connectivity index is 1.53. The van der Waals surface area contributed by atoms with Gasteiger partial charge in [0.25, 0.3) is 5.91 Å². The van der Waals surface area contributed by atoms with Crippen molar-refractivity contribution in [1.29, 1.82) is 0 Å². The number of rotatable bonds is 8. The van der Waals surface area contributed by atoms with Crippen LogP contribution in [0.3, 0.4) is 0 Å². The zero-order chi connectivity index (χ0) is 23.3. The van der Waals surface area contributed by atoms with E-state index < -0.39 is 12.0 Å². The van der Waals surface area contributed by atoms with Gasteiger partial charge in [-0.1, -0.05) is 18.2 Å². The molecule has 8 nitrogen and oxygen atoms in total. The molecule has 8 heteroatoms. The Morgan fingerprint density at radius 3 is 2.44 bits per heavy atom. The topological polar surface area (TPSA) is 108 Å². The van der Waals surface area contributed by atoms with Gasteiger partial charge in [-0.2, -0.15) is 0 Å². The van der Waals surface area contributed by atoms with Gasteiger partial charge in [0, 0.05) is 30.9 Å². The van der Waals surface area contributed by atoms with Crippen molar-refractivity contribution in [2.45, 2.75) is 33.3 Å². The predicted octanol–water partition coefficient (Wildman–Crippen LogP) is 2.17. The first kappa shape index (κ1) is 23.3. The van der Waals surface area contributed by atoms with Crippen LogP contribution in [0.2, 0.25) is 0 Å². The first-order chi connectivity index (χ1) is 15.2. The summed E-state index contributed by atoms with van der Waals surface area (Å²) in [5, 5.41) is 14.8. The van der Waals surface area contributed by atoms with E-state index in [0.717, 1.165) is 16.8 Å². The highest BCUT2D eigenvalue weighted by Crippen LogP contribution is 2.27. The van der Waals surface area contributed by atoms with Crippen molar-refractivity contribution in [1.82, 2.24) is 5.32 Å². The monoisotopic (exact) mass is 439 g/mol. The molecule has 0 saturated carbocycles. The van der Waals surface area contributed by atoms with Gasteiger partial charge in [-0.3, -0.25) is 14.4 Å². The third kappa shape index (κ3) is 5.85. The normalized spacial score (nSPS) is 16.6. The lowest BCUT2D eigenvalue weighted by Crippen LogP contribution is -2.36. The molecule has 170 valence electrons. The summed E-state index contributed by atoms with van der Waals surface area (Å²) in [6, 6.07) is 12.6. The van der Waals surface area contributed by atoms with Crippen molar-refractivity contribution in [2.24, 2.45) is 5.92 Å². The van der Waals surface area contributed by atoms with Crippen molar-refractivity contribution in [3.8, 4) is 5.75 Å². The third-order valence-electron chi connectivity index (χ3n) is 5.33. The highest BCUT2D eigenvalue weighted by atomic mass is 16.5. The maximum atomic E-state index is 12.4. The molecule has 3 N–H and O–H groups in total. The summed E-state index contributed by atoms with van der Waals surface area (Å²) in [7, 11) is 0. The van der Waals surface area contributed by atoms with Gasteiger partial charge in [0.2, 0.25) is 11.8 Å². The number of carbonyl (C=O) groups is 3. The molecule has 2 aromatic carbocycles. The molecule has 3 rings (SSSR count). The van der Waals surface area contributed by atoms with E-state index in [1.54, 1.807) is 36.1 Å². The largest absolute Gasteiger partial charge is 0.484 e. The minimum atomic E-state index is -0.637. The Morgan fingerprint density at radius 1 is 1.16 bits per heavy atom. The highest BCUT2D eigenvalue weighted by molar-refractivity contribution is 6.00. The fourth-order valence-electron chi connectivity index (χ4n) is 3.58. The van der Waals surface area contributed by atoms with E-state index in [4.69, 9.17) is 4.74 Å². The lowest BCUT2D eigenvalue weighted by Gasteiger charge is -2.17. The molecule has 0 aromatic heterocycles. The van der Waals surface area contributed by atoms with Gasteiger partial charge < -0.3 is 25.4 Å². The van der Waals surface area contributed by atoms with Crippen LogP contribution < -0.4 is 20.3 Å². The molecule has 1 fully saturated rings. The molecule has 2 aromatic rings. The molecule has 1 saturated heterocycles. The SMILES string of the molecule is Cc1cccc(C)c1NC(=O)COc1ccc(N2C[C@@H](C(=O)NC[C@H](C)O)CC2=O)cc1. The maximum absolute atomic E-state index is 12.4. The highest BCUT2D eigenvalue weighted by Gasteiger charge is 2.35. The average molecular weight is 440 g/mol. The van der Waals surface area contributed by atoms with Crippen LogP contribution in [0.5, 0.6) is 5.75 Å². The van der Waals surface area contributed by atoms with Gasteiger partial charge >= 0.3 is 0 Å². The number of para-hydroxylation sites is 1. The minimum Gasteiger partial charge on any atom is -0.484 e. The molecule has 0 unspecified atom stereocenters. The second kappa shape index (κ2) is 10.3. The standard InChI is InChI=1S/C24H29N3O5/c1-15-5-4-6-16(2)23(15)26-21(29)14-32-20-9-7-19(8-10-20)27-13-18(11-22(27)30)24(31)25-12-17(3)28/h4-10,17-18,28H,11-14H2,1-3H3,(H,25,31)(H,26,29)/t17-,18-/m0/s1. The number of anilines is 2. The van der Waals surface area contributed by atoms with Crippen LogP contribution in [-0.4, -0.2) is 48.6 Å². The number of nitrogens with zero attached hydrogens (tertiary/aromatic N) is 1. The summed E-state index contributed by atoms with van der Waals surface area (Å²) in [5.41, 5.74) is 3.41.